The highest BCUT2D eigenvalue weighted by molar-refractivity contribution is 6.29. The van der Waals surface area contributed by atoms with Crippen LogP contribution < -0.4 is 5.56 Å². The molecule has 0 N–H and O–H groups in total. The van der Waals surface area contributed by atoms with Gasteiger partial charge in [-0.05, 0) is 12.5 Å². The van der Waals surface area contributed by atoms with E-state index >= 15 is 0 Å². The zero-order chi connectivity index (χ0) is 14.0. The maximum absolute atomic E-state index is 11.7. The van der Waals surface area contributed by atoms with Crippen LogP contribution in [0.5, 0.6) is 0 Å². The molecule has 0 spiro atoms. The van der Waals surface area contributed by atoms with E-state index in [0.717, 1.165) is 0 Å². The summed E-state index contributed by atoms with van der Waals surface area (Å²) in [5.74, 6) is 0. The van der Waals surface area contributed by atoms with E-state index in [4.69, 9.17) is 11.6 Å². The lowest BCUT2D eigenvalue weighted by atomic mass is 10.1. The van der Waals surface area contributed by atoms with Crippen molar-refractivity contribution in [2.45, 2.75) is 13.5 Å². The number of hydrogen-bond donors (Lipinski definition) is 0. The highest BCUT2D eigenvalue weighted by atomic mass is 35.5. The average Bonchev–Trinajstić information content (AvgIpc) is 2.34. The molecule has 0 saturated heterocycles. The number of hydrogen-bond acceptors (Lipinski definition) is 4. The first kappa shape index (κ1) is 13.2. The lowest BCUT2D eigenvalue weighted by Gasteiger charge is -2.08. The SMILES string of the molecule is Cc1c(Cn2cnc(Cl)cc2=O)cccc1[N+](=O)[O-]. The van der Waals surface area contributed by atoms with E-state index in [-0.39, 0.29) is 22.9 Å². The van der Waals surface area contributed by atoms with Crippen molar-refractivity contribution in [1.29, 1.82) is 0 Å². The second-order valence-corrected chi connectivity index (χ2v) is 4.38. The summed E-state index contributed by atoms with van der Waals surface area (Å²) in [5, 5.41) is 11.0. The monoisotopic (exact) mass is 279 g/mol. The Bertz CT molecular complexity index is 697. The number of rotatable bonds is 3. The van der Waals surface area contributed by atoms with Gasteiger partial charge in [0, 0.05) is 17.7 Å². The minimum atomic E-state index is -0.443. The van der Waals surface area contributed by atoms with Gasteiger partial charge < -0.3 is 0 Å². The standard InChI is InChI=1S/C12H10ClN3O3/c1-8-9(3-2-4-10(8)16(18)19)6-15-7-14-11(13)5-12(15)17/h2-5,7H,6H2,1H3. The molecule has 6 nitrogen and oxygen atoms in total. The summed E-state index contributed by atoms with van der Waals surface area (Å²) < 4.78 is 1.35. The van der Waals surface area contributed by atoms with Gasteiger partial charge in [-0.3, -0.25) is 19.5 Å². The summed E-state index contributed by atoms with van der Waals surface area (Å²) in [4.78, 5) is 25.9. The molecule has 19 heavy (non-hydrogen) atoms. The van der Waals surface area contributed by atoms with Crippen LogP contribution in [0.3, 0.4) is 0 Å². The molecule has 1 aromatic heterocycles. The van der Waals surface area contributed by atoms with Gasteiger partial charge in [-0.1, -0.05) is 23.7 Å². The molecule has 0 aliphatic carbocycles. The van der Waals surface area contributed by atoms with Crippen molar-refractivity contribution in [3.05, 3.63) is 67.3 Å². The molecule has 0 unspecified atom stereocenters. The van der Waals surface area contributed by atoms with Crippen molar-refractivity contribution in [3.8, 4) is 0 Å². The van der Waals surface area contributed by atoms with Crippen molar-refractivity contribution in [2.24, 2.45) is 0 Å². The molecule has 1 heterocycles. The summed E-state index contributed by atoms with van der Waals surface area (Å²) in [7, 11) is 0. The van der Waals surface area contributed by atoms with E-state index in [9.17, 15) is 14.9 Å². The molecule has 0 saturated carbocycles. The van der Waals surface area contributed by atoms with Crippen molar-refractivity contribution in [3.63, 3.8) is 0 Å². The van der Waals surface area contributed by atoms with Crippen LogP contribution in [-0.4, -0.2) is 14.5 Å². The maximum atomic E-state index is 11.7. The summed E-state index contributed by atoms with van der Waals surface area (Å²) in [6.45, 7) is 1.87. The molecule has 0 aliphatic heterocycles. The molecule has 0 aliphatic rings. The van der Waals surface area contributed by atoms with Crippen LogP contribution >= 0.6 is 11.6 Å². The van der Waals surface area contributed by atoms with E-state index in [1.807, 2.05) is 0 Å². The van der Waals surface area contributed by atoms with Gasteiger partial charge in [0.15, 0.2) is 0 Å². The first-order valence-corrected chi connectivity index (χ1v) is 5.81. The zero-order valence-electron chi connectivity index (χ0n) is 10.0. The van der Waals surface area contributed by atoms with Crippen LogP contribution in [0.4, 0.5) is 5.69 Å². The average molecular weight is 280 g/mol. The lowest BCUT2D eigenvalue weighted by molar-refractivity contribution is -0.385. The van der Waals surface area contributed by atoms with Crippen LogP contribution in [0.1, 0.15) is 11.1 Å². The number of aromatic nitrogens is 2. The smallest absolute Gasteiger partial charge is 0.272 e. The van der Waals surface area contributed by atoms with E-state index in [0.29, 0.717) is 11.1 Å². The highest BCUT2D eigenvalue weighted by Crippen LogP contribution is 2.21. The zero-order valence-corrected chi connectivity index (χ0v) is 10.8. The molecular weight excluding hydrogens is 270 g/mol. The Hall–Kier alpha value is -2.21. The van der Waals surface area contributed by atoms with Gasteiger partial charge >= 0.3 is 0 Å². The Kier molecular flexibility index (Phi) is 3.62. The molecule has 7 heteroatoms. The fraction of sp³-hybridized carbons (Fsp3) is 0.167. The molecule has 0 atom stereocenters. The third kappa shape index (κ3) is 2.79. The molecule has 0 amide bonds. The number of halogens is 1. The molecule has 98 valence electrons. The lowest BCUT2D eigenvalue weighted by Crippen LogP contribution is -2.20. The third-order valence-corrected chi connectivity index (χ3v) is 3.01. The van der Waals surface area contributed by atoms with Gasteiger partial charge in [0.1, 0.15) is 5.15 Å². The fourth-order valence-corrected chi connectivity index (χ4v) is 1.88. The molecule has 1 aromatic carbocycles. The van der Waals surface area contributed by atoms with Crippen molar-refractivity contribution >= 4 is 17.3 Å². The van der Waals surface area contributed by atoms with E-state index < -0.39 is 4.92 Å². The van der Waals surface area contributed by atoms with Gasteiger partial charge in [-0.15, -0.1) is 0 Å². The van der Waals surface area contributed by atoms with Gasteiger partial charge in [0.2, 0.25) is 0 Å². The van der Waals surface area contributed by atoms with Crippen molar-refractivity contribution in [2.75, 3.05) is 0 Å². The van der Waals surface area contributed by atoms with Gasteiger partial charge in [-0.25, -0.2) is 4.98 Å². The molecule has 0 radical (unpaired) electrons. The second-order valence-electron chi connectivity index (χ2n) is 4.00. The minimum Gasteiger partial charge on any atom is -0.295 e. The third-order valence-electron chi connectivity index (χ3n) is 2.80. The predicted molar refractivity (Wildman–Crippen MR) is 70.4 cm³/mol. The normalized spacial score (nSPS) is 10.4. The Morgan fingerprint density at radius 3 is 2.84 bits per heavy atom. The fourth-order valence-electron chi connectivity index (χ4n) is 1.75. The number of nitro groups is 1. The molecule has 0 fully saturated rings. The second kappa shape index (κ2) is 5.19. The quantitative estimate of drug-likeness (QED) is 0.490. The Balaban J connectivity index is 2.41. The van der Waals surface area contributed by atoms with Gasteiger partial charge in [-0.2, -0.15) is 0 Å². The van der Waals surface area contributed by atoms with E-state index in [1.165, 1.54) is 23.0 Å². The van der Waals surface area contributed by atoms with E-state index in [1.54, 1.807) is 19.1 Å². The summed E-state index contributed by atoms with van der Waals surface area (Å²) in [6, 6.07) is 5.97. The van der Waals surface area contributed by atoms with Crippen molar-refractivity contribution < 1.29 is 4.92 Å². The largest absolute Gasteiger partial charge is 0.295 e. The summed E-state index contributed by atoms with van der Waals surface area (Å²) in [6.07, 6.45) is 1.32. The number of nitrogens with zero attached hydrogens (tertiary/aromatic N) is 3. The van der Waals surface area contributed by atoms with Crippen LogP contribution in [0.2, 0.25) is 5.15 Å². The van der Waals surface area contributed by atoms with E-state index in [2.05, 4.69) is 4.98 Å². The number of nitro benzene ring substituents is 1. The van der Waals surface area contributed by atoms with Crippen LogP contribution in [0.15, 0.2) is 35.4 Å². The molecule has 2 rings (SSSR count). The Morgan fingerprint density at radius 1 is 1.47 bits per heavy atom. The van der Waals surface area contributed by atoms with Crippen LogP contribution in [0.25, 0.3) is 0 Å². The van der Waals surface area contributed by atoms with Crippen molar-refractivity contribution in [1.82, 2.24) is 9.55 Å². The van der Waals surface area contributed by atoms with Gasteiger partial charge in [0.05, 0.1) is 17.8 Å². The molecule has 0 bridgehead atoms. The first-order valence-electron chi connectivity index (χ1n) is 5.44. The topological polar surface area (TPSA) is 78.0 Å². The Morgan fingerprint density at radius 2 is 2.21 bits per heavy atom. The van der Waals surface area contributed by atoms with Gasteiger partial charge in [0.25, 0.3) is 11.2 Å². The molecule has 2 aromatic rings. The minimum absolute atomic E-state index is 0.0347. The Labute approximate surface area is 113 Å². The number of benzene rings is 1. The summed E-state index contributed by atoms with van der Waals surface area (Å²) in [5.41, 5.74) is 0.966. The van der Waals surface area contributed by atoms with Crippen LogP contribution in [-0.2, 0) is 6.54 Å². The predicted octanol–water partition coefficient (Wildman–Crippen LogP) is 2.16. The first-order chi connectivity index (χ1) is 8.99. The maximum Gasteiger partial charge on any atom is 0.272 e. The summed E-state index contributed by atoms with van der Waals surface area (Å²) >= 11 is 5.60. The highest BCUT2D eigenvalue weighted by Gasteiger charge is 2.13. The molecular formula is C12H10ClN3O3. The van der Waals surface area contributed by atoms with Crippen LogP contribution in [0, 0.1) is 17.0 Å².